The third-order valence-electron chi connectivity index (χ3n) is 5.08. The van der Waals surface area contributed by atoms with Gasteiger partial charge in [0, 0.05) is 49.0 Å². The quantitative estimate of drug-likeness (QED) is 0.696. The van der Waals surface area contributed by atoms with Crippen LogP contribution in [0.4, 0.5) is 17.1 Å². The fourth-order valence-electron chi connectivity index (χ4n) is 3.46. The molecule has 1 saturated heterocycles. The van der Waals surface area contributed by atoms with Crippen molar-refractivity contribution >= 4 is 40.5 Å². The number of hydrogen-bond acceptors (Lipinski definition) is 4. The molecule has 2 aromatic carbocycles. The largest absolute Gasteiger partial charge is 0.478 e. The normalized spacial score (nSPS) is 14.0. The summed E-state index contributed by atoms with van der Waals surface area (Å²) < 4.78 is 0. The number of carbonyl (C=O) groups is 2. The minimum absolute atomic E-state index is 0.115. The van der Waals surface area contributed by atoms with Crippen molar-refractivity contribution in [1.29, 1.82) is 0 Å². The Kier molecular flexibility index (Phi) is 6.99. The summed E-state index contributed by atoms with van der Waals surface area (Å²) in [5.74, 6) is -1.20. The van der Waals surface area contributed by atoms with Crippen molar-refractivity contribution in [2.75, 3.05) is 41.3 Å². The number of benzene rings is 2. The molecule has 0 aliphatic carbocycles. The van der Waals surface area contributed by atoms with E-state index in [2.05, 4.69) is 15.1 Å². The third-order valence-corrected chi connectivity index (χ3v) is 5.32. The molecule has 1 aliphatic rings. The fraction of sp³-hybridized carbons (Fsp3) is 0.364. The van der Waals surface area contributed by atoms with Gasteiger partial charge in [-0.2, -0.15) is 0 Å². The van der Waals surface area contributed by atoms with Crippen molar-refractivity contribution in [1.82, 2.24) is 0 Å². The van der Waals surface area contributed by atoms with Gasteiger partial charge in [0.1, 0.15) is 0 Å². The molecule has 1 aliphatic heterocycles. The highest BCUT2D eigenvalue weighted by Gasteiger charge is 2.20. The Morgan fingerprint density at radius 1 is 1.03 bits per heavy atom. The van der Waals surface area contributed by atoms with Crippen LogP contribution in [0.15, 0.2) is 42.5 Å². The van der Waals surface area contributed by atoms with E-state index >= 15 is 0 Å². The van der Waals surface area contributed by atoms with Gasteiger partial charge < -0.3 is 20.2 Å². The van der Waals surface area contributed by atoms with Gasteiger partial charge >= 0.3 is 5.97 Å². The molecular formula is C22H26ClN3O3. The Hall–Kier alpha value is -2.73. The molecule has 0 aromatic heterocycles. The minimum Gasteiger partial charge on any atom is -0.478 e. The van der Waals surface area contributed by atoms with Crippen molar-refractivity contribution in [3.63, 3.8) is 0 Å². The highest BCUT2D eigenvalue weighted by atomic mass is 35.5. The van der Waals surface area contributed by atoms with Crippen LogP contribution in [0.2, 0.25) is 5.02 Å². The van der Waals surface area contributed by atoms with Crippen molar-refractivity contribution in [2.45, 2.75) is 26.2 Å². The van der Waals surface area contributed by atoms with Gasteiger partial charge in [-0.1, -0.05) is 31.0 Å². The minimum atomic E-state index is -1.05. The lowest BCUT2D eigenvalue weighted by Crippen LogP contribution is -2.46. The van der Waals surface area contributed by atoms with E-state index in [-0.39, 0.29) is 11.5 Å². The predicted octanol–water partition coefficient (Wildman–Crippen LogP) is 4.49. The maximum Gasteiger partial charge on any atom is 0.337 e. The smallest absolute Gasteiger partial charge is 0.337 e. The fourth-order valence-corrected chi connectivity index (χ4v) is 3.65. The van der Waals surface area contributed by atoms with Crippen LogP contribution >= 0.6 is 11.6 Å². The molecule has 1 amide bonds. The summed E-state index contributed by atoms with van der Waals surface area (Å²) in [6.07, 6.45) is 2.09. The molecule has 0 bridgehead atoms. The first-order valence-electron chi connectivity index (χ1n) is 9.90. The van der Waals surface area contributed by atoms with Gasteiger partial charge in [-0.3, -0.25) is 4.79 Å². The van der Waals surface area contributed by atoms with Gasteiger partial charge in [-0.15, -0.1) is 0 Å². The first-order valence-corrected chi connectivity index (χ1v) is 10.3. The lowest BCUT2D eigenvalue weighted by molar-refractivity contribution is -0.116. The first kappa shape index (κ1) is 21.0. The summed E-state index contributed by atoms with van der Waals surface area (Å²) in [5.41, 5.74) is 2.40. The van der Waals surface area contributed by atoms with Crippen LogP contribution < -0.4 is 15.1 Å². The average molecular weight is 416 g/mol. The van der Waals surface area contributed by atoms with E-state index in [1.165, 1.54) is 0 Å². The Morgan fingerprint density at radius 3 is 2.28 bits per heavy atom. The van der Waals surface area contributed by atoms with Crippen LogP contribution in [0.5, 0.6) is 0 Å². The number of anilines is 3. The topological polar surface area (TPSA) is 72.9 Å². The van der Waals surface area contributed by atoms with Crippen LogP contribution in [0.3, 0.4) is 0 Å². The Morgan fingerprint density at radius 2 is 1.69 bits per heavy atom. The van der Waals surface area contributed by atoms with E-state index in [1.54, 1.807) is 12.1 Å². The van der Waals surface area contributed by atoms with Gasteiger partial charge in [0.2, 0.25) is 5.91 Å². The summed E-state index contributed by atoms with van der Waals surface area (Å²) in [4.78, 5) is 28.2. The summed E-state index contributed by atoms with van der Waals surface area (Å²) in [7, 11) is 0. The highest BCUT2D eigenvalue weighted by molar-refractivity contribution is 6.30. The number of nitrogens with zero attached hydrogens (tertiary/aromatic N) is 2. The molecule has 0 radical (unpaired) electrons. The zero-order valence-electron chi connectivity index (χ0n) is 16.5. The number of amides is 1. The molecule has 7 heteroatoms. The third kappa shape index (κ3) is 5.41. The van der Waals surface area contributed by atoms with Crippen LogP contribution in [0.25, 0.3) is 0 Å². The number of carboxylic acids is 1. The molecule has 29 heavy (non-hydrogen) atoms. The molecule has 2 aromatic rings. The summed E-state index contributed by atoms with van der Waals surface area (Å²) in [5, 5.41) is 13.1. The van der Waals surface area contributed by atoms with Gasteiger partial charge in [0.05, 0.1) is 11.3 Å². The number of nitrogens with one attached hydrogen (secondary N) is 1. The SMILES string of the molecule is CCCCC(=O)Nc1ccc(N2CCN(c3cccc(Cl)c3)CC2)cc1C(=O)O. The predicted molar refractivity (Wildman–Crippen MR) is 117 cm³/mol. The Labute approximate surface area is 176 Å². The molecule has 0 unspecified atom stereocenters. The van der Waals surface area contributed by atoms with Crippen LogP contribution in [0.1, 0.15) is 36.5 Å². The van der Waals surface area contributed by atoms with E-state index in [1.807, 2.05) is 37.3 Å². The molecule has 0 atom stereocenters. The number of unbranched alkanes of at least 4 members (excludes halogenated alkanes) is 1. The van der Waals surface area contributed by atoms with Crippen molar-refractivity contribution in [2.24, 2.45) is 0 Å². The second kappa shape index (κ2) is 9.65. The number of rotatable bonds is 7. The van der Waals surface area contributed by atoms with Crippen molar-refractivity contribution in [3.05, 3.63) is 53.1 Å². The number of halogens is 1. The molecular weight excluding hydrogens is 390 g/mol. The first-order chi connectivity index (χ1) is 14.0. The number of aromatic carboxylic acids is 1. The standard InChI is InChI=1S/C22H26ClN3O3/c1-2-3-7-21(27)24-20-9-8-18(15-19(20)22(28)29)26-12-10-25(11-13-26)17-6-4-5-16(23)14-17/h4-6,8-9,14-15H,2-3,7,10-13H2,1H3,(H,24,27)(H,28,29). The lowest BCUT2D eigenvalue weighted by Gasteiger charge is -2.37. The molecule has 3 rings (SSSR count). The zero-order valence-corrected chi connectivity index (χ0v) is 17.3. The van der Waals surface area contributed by atoms with Gasteiger partial charge in [-0.05, 0) is 42.8 Å². The number of carboxylic acid groups (broad SMARTS) is 1. The summed E-state index contributed by atoms with van der Waals surface area (Å²) in [6, 6.07) is 13.0. The Bertz CT molecular complexity index is 879. The summed E-state index contributed by atoms with van der Waals surface area (Å²) in [6.45, 7) is 5.19. The van der Waals surface area contributed by atoms with Crippen LogP contribution in [0, 0.1) is 0 Å². The highest BCUT2D eigenvalue weighted by Crippen LogP contribution is 2.27. The molecule has 1 fully saturated rings. The van der Waals surface area contributed by atoms with E-state index in [0.29, 0.717) is 17.1 Å². The Balaban J connectivity index is 1.69. The molecule has 0 spiro atoms. The second-order valence-corrected chi connectivity index (χ2v) is 7.58. The van der Waals surface area contributed by atoms with E-state index in [0.717, 1.165) is 50.4 Å². The monoisotopic (exact) mass is 415 g/mol. The number of piperazine rings is 1. The molecule has 154 valence electrons. The number of hydrogen-bond donors (Lipinski definition) is 2. The van der Waals surface area contributed by atoms with Crippen LogP contribution in [-0.4, -0.2) is 43.2 Å². The molecule has 6 nitrogen and oxygen atoms in total. The van der Waals surface area contributed by atoms with Crippen molar-refractivity contribution in [3.8, 4) is 0 Å². The molecule has 0 saturated carbocycles. The lowest BCUT2D eigenvalue weighted by atomic mass is 10.1. The number of carbonyl (C=O) groups excluding carboxylic acids is 1. The van der Waals surface area contributed by atoms with Gasteiger partial charge in [0.15, 0.2) is 0 Å². The second-order valence-electron chi connectivity index (χ2n) is 7.14. The molecule has 2 N–H and O–H groups in total. The van der Waals surface area contributed by atoms with Crippen LogP contribution in [-0.2, 0) is 4.79 Å². The van der Waals surface area contributed by atoms with Gasteiger partial charge in [0.25, 0.3) is 0 Å². The van der Waals surface area contributed by atoms with E-state index < -0.39 is 5.97 Å². The summed E-state index contributed by atoms with van der Waals surface area (Å²) >= 11 is 6.09. The van der Waals surface area contributed by atoms with Crippen molar-refractivity contribution < 1.29 is 14.7 Å². The molecule has 1 heterocycles. The van der Waals surface area contributed by atoms with Gasteiger partial charge in [-0.25, -0.2) is 4.79 Å². The van der Waals surface area contributed by atoms with E-state index in [9.17, 15) is 14.7 Å². The average Bonchev–Trinajstić information content (AvgIpc) is 2.72. The maximum absolute atomic E-state index is 12.0. The maximum atomic E-state index is 12.0. The van der Waals surface area contributed by atoms with E-state index in [4.69, 9.17) is 11.6 Å². The zero-order chi connectivity index (χ0) is 20.8.